The van der Waals surface area contributed by atoms with Gasteiger partial charge < -0.3 is 5.32 Å². The molecule has 2 fully saturated rings. The van der Waals surface area contributed by atoms with Gasteiger partial charge in [0.1, 0.15) is 12.1 Å². The minimum Gasteiger partial charge on any atom is -0.329 e. The van der Waals surface area contributed by atoms with Gasteiger partial charge in [-0.25, -0.2) is 9.59 Å². The van der Waals surface area contributed by atoms with Gasteiger partial charge in [0.05, 0.1) is 0 Å². The number of hydrogen-bond acceptors (Lipinski definition) is 7. The molecule has 0 saturated carbocycles. The average molecular weight is 519 g/mol. The molecule has 0 bridgehead atoms. The Morgan fingerprint density at radius 3 is 2.11 bits per heavy atom. The van der Waals surface area contributed by atoms with Crippen molar-refractivity contribution in [2.45, 2.75) is 51.6 Å². The summed E-state index contributed by atoms with van der Waals surface area (Å²) in [6, 6.07) is 5.94. The minimum atomic E-state index is -0.717. The van der Waals surface area contributed by atoms with Gasteiger partial charge >= 0.3 is 11.4 Å². The molecule has 6 rings (SSSR count). The second-order valence-electron chi connectivity index (χ2n) is 9.44. The average Bonchev–Trinajstić information content (AvgIpc) is 3.35. The van der Waals surface area contributed by atoms with E-state index in [4.69, 9.17) is 0 Å². The van der Waals surface area contributed by atoms with Crippen molar-refractivity contribution in [2.24, 2.45) is 0 Å². The summed E-state index contributed by atoms with van der Waals surface area (Å²) in [7, 11) is 0. The third kappa shape index (κ3) is 4.53. The molecule has 2 aliphatic rings. The first-order valence-corrected chi connectivity index (χ1v) is 12.1. The van der Waals surface area contributed by atoms with Crippen LogP contribution in [0.2, 0.25) is 0 Å². The molecule has 2 atom stereocenters. The molecule has 2 N–H and O–H groups in total. The lowest BCUT2D eigenvalue weighted by atomic mass is 10.1. The molecule has 2 saturated heterocycles. The Hall–Kier alpha value is -4.81. The molecular weight excluding hydrogens is 492 g/mol. The number of aryl methyl sites for hydroxylation is 2. The maximum Gasteiger partial charge on any atom is 0.351 e. The van der Waals surface area contributed by atoms with E-state index >= 15 is 0 Å². The summed E-state index contributed by atoms with van der Waals surface area (Å²) in [6.07, 6.45) is 5.08. The quantitative estimate of drug-likeness (QED) is 0.367. The van der Waals surface area contributed by atoms with Crippen molar-refractivity contribution >= 4 is 29.0 Å². The predicted octanol–water partition coefficient (Wildman–Crippen LogP) is 0.551. The number of piperidine rings is 2. The molecule has 4 aromatic rings. The molecule has 38 heavy (non-hydrogen) atoms. The van der Waals surface area contributed by atoms with Crippen molar-refractivity contribution in [1.82, 2.24) is 39.0 Å². The lowest BCUT2D eigenvalue weighted by Crippen LogP contribution is -2.44. The lowest BCUT2D eigenvalue weighted by Gasteiger charge is -2.22. The first-order chi connectivity index (χ1) is 18.1. The van der Waals surface area contributed by atoms with Crippen LogP contribution in [0.25, 0.3) is 11.3 Å². The van der Waals surface area contributed by atoms with Crippen LogP contribution in [0.5, 0.6) is 0 Å². The summed E-state index contributed by atoms with van der Waals surface area (Å²) in [4.78, 5) is 59.2. The topological polar surface area (TPSA) is 154 Å². The number of nitrogens with one attached hydrogen (secondary N) is 2. The van der Waals surface area contributed by atoms with E-state index in [0.717, 1.165) is 15.8 Å². The smallest absolute Gasteiger partial charge is 0.329 e. The monoisotopic (exact) mass is 518 g/mol. The number of imide groups is 1. The fraction of sp³-hybridized carbons (Fsp3) is 0.320. The number of aromatic nitrogens is 6. The van der Waals surface area contributed by atoms with Crippen molar-refractivity contribution in [1.29, 1.82) is 0 Å². The number of carbonyl (C=O) groups excluding carboxylic acids is 3. The van der Waals surface area contributed by atoms with E-state index in [0.29, 0.717) is 36.3 Å². The highest BCUT2D eigenvalue weighted by atomic mass is 16.2. The van der Waals surface area contributed by atoms with Gasteiger partial charge in [0, 0.05) is 24.5 Å². The van der Waals surface area contributed by atoms with E-state index in [1.54, 1.807) is 30.6 Å². The summed E-state index contributed by atoms with van der Waals surface area (Å²) in [5.74, 6) is -1.01. The third-order valence-corrected chi connectivity index (χ3v) is 6.51. The Labute approximate surface area is 215 Å². The van der Waals surface area contributed by atoms with Crippen LogP contribution in [0.3, 0.4) is 0 Å². The Bertz CT molecular complexity index is 1700. The predicted molar refractivity (Wildman–Crippen MR) is 135 cm³/mol. The number of pyridine rings is 2. The van der Waals surface area contributed by atoms with Crippen molar-refractivity contribution in [3.63, 3.8) is 0 Å². The first-order valence-electron chi connectivity index (χ1n) is 12.1. The number of rotatable bonds is 2. The molecule has 0 aromatic carbocycles. The van der Waals surface area contributed by atoms with Crippen LogP contribution in [0, 0.1) is 13.8 Å². The van der Waals surface area contributed by atoms with Crippen LogP contribution in [0.4, 0.5) is 0 Å². The van der Waals surface area contributed by atoms with Gasteiger partial charge in [-0.05, 0) is 62.4 Å². The zero-order valence-corrected chi connectivity index (χ0v) is 20.9. The SMILES string of the molecule is C=C1CCC(n2nc3ccc(C)cn3c2=O)C(=O)N1.Cc1ccn2c(=O)n(C3CCC(=O)NC3=O)nc2c1. The maximum absolute atomic E-state index is 12.3. The summed E-state index contributed by atoms with van der Waals surface area (Å²) >= 11 is 0. The standard InChI is InChI=1S/C13H14N4O2.C12H12N4O3/c1-8-3-6-11-15-17(13(19)16(11)7-8)10-5-4-9(2)14-12(10)18;1-7-4-5-15-9(6-7)14-16(12(15)19)8-2-3-10(17)13-11(8)18/h3,6-7,10H,2,4-5H2,1H3,(H,14,18);4-6,8H,2-3H2,1H3,(H,13,17,18). The number of allylic oxidation sites excluding steroid dienone is 1. The number of nitrogens with zero attached hydrogens (tertiary/aromatic N) is 6. The second kappa shape index (κ2) is 9.57. The molecule has 0 spiro atoms. The van der Waals surface area contributed by atoms with E-state index in [-0.39, 0.29) is 29.6 Å². The zero-order chi connectivity index (χ0) is 27.1. The summed E-state index contributed by atoms with van der Waals surface area (Å²) in [6.45, 7) is 7.53. The van der Waals surface area contributed by atoms with E-state index in [9.17, 15) is 24.0 Å². The van der Waals surface area contributed by atoms with E-state index in [2.05, 4.69) is 27.4 Å². The summed E-state index contributed by atoms with van der Waals surface area (Å²) in [5.41, 5.74) is 3.02. The van der Waals surface area contributed by atoms with Crippen LogP contribution < -0.4 is 22.0 Å². The maximum atomic E-state index is 12.3. The van der Waals surface area contributed by atoms with Crippen LogP contribution in [-0.4, -0.2) is 46.1 Å². The molecule has 3 amide bonds. The molecule has 2 unspecified atom stereocenters. The highest BCUT2D eigenvalue weighted by molar-refractivity contribution is 5.99. The van der Waals surface area contributed by atoms with Gasteiger partial charge in [-0.1, -0.05) is 12.6 Å². The van der Waals surface area contributed by atoms with Crippen LogP contribution in [0.15, 0.2) is 58.5 Å². The van der Waals surface area contributed by atoms with Crippen LogP contribution in [0.1, 0.15) is 48.9 Å². The van der Waals surface area contributed by atoms with Gasteiger partial charge in [-0.2, -0.15) is 9.36 Å². The minimum absolute atomic E-state index is 0.218. The first kappa shape index (κ1) is 24.9. The molecule has 13 heteroatoms. The third-order valence-electron chi connectivity index (χ3n) is 6.51. The van der Waals surface area contributed by atoms with Gasteiger partial charge in [-0.3, -0.25) is 28.5 Å². The van der Waals surface area contributed by atoms with Gasteiger partial charge in [-0.15, -0.1) is 10.2 Å². The Morgan fingerprint density at radius 2 is 1.42 bits per heavy atom. The fourth-order valence-electron chi connectivity index (χ4n) is 4.51. The van der Waals surface area contributed by atoms with Crippen molar-refractivity contribution in [2.75, 3.05) is 0 Å². The summed E-state index contributed by atoms with van der Waals surface area (Å²) < 4.78 is 5.26. The highest BCUT2D eigenvalue weighted by Gasteiger charge is 2.31. The molecule has 0 radical (unpaired) electrons. The van der Waals surface area contributed by atoms with Crippen LogP contribution >= 0.6 is 0 Å². The fourth-order valence-corrected chi connectivity index (χ4v) is 4.51. The molecule has 196 valence electrons. The molecule has 0 aliphatic carbocycles. The van der Waals surface area contributed by atoms with Crippen molar-refractivity contribution in [3.8, 4) is 0 Å². The highest BCUT2D eigenvalue weighted by Crippen LogP contribution is 2.20. The Balaban J connectivity index is 0.000000155. The van der Waals surface area contributed by atoms with Crippen molar-refractivity contribution in [3.05, 3.63) is 81.0 Å². The van der Waals surface area contributed by atoms with Crippen LogP contribution in [-0.2, 0) is 14.4 Å². The van der Waals surface area contributed by atoms with Gasteiger partial charge in [0.25, 0.3) is 5.91 Å². The molecule has 2 aliphatic heterocycles. The van der Waals surface area contributed by atoms with Crippen molar-refractivity contribution < 1.29 is 14.4 Å². The molecule has 6 heterocycles. The van der Waals surface area contributed by atoms with E-state index in [1.807, 2.05) is 19.9 Å². The number of carbonyl (C=O) groups is 3. The Kier molecular flexibility index (Phi) is 6.27. The zero-order valence-electron chi connectivity index (χ0n) is 20.9. The van der Waals surface area contributed by atoms with E-state index < -0.39 is 18.0 Å². The van der Waals surface area contributed by atoms with Gasteiger partial charge in [0.15, 0.2) is 11.3 Å². The van der Waals surface area contributed by atoms with E-state index in [1.165, 1.54) is 13.5 Å². The number of hydrogen-bond donors (Lipinski definition) is 2. The number of fused-ring (bicyclic) bond motifs is 2. The second-order valence-corrected chi connectivity index (χ2v) is 9.44. The summed E-state index contributed by atoms with van der Waals surface area (Å²) in [5, 5.41) is 13.3. The normalized spacial score (nSPS) is 19.7. The largest absolute Gasteiger partial charge is 0.351 e. The van der Waals surface area contributed by atoms with Gasteiger partial charge in [0.2, 0.25) is 11.8 Å². The molecular formula is C25H26N8O5. The molecule has 13 nitrogen and oxygen atoms in total. The Morgan fingerprint density at radius 1 is 0.789 bits per heavy atom. The lowest BCUT2D eigenvalue weighted by molar-refractivity contribution is -0.136. The number of amides is 3. The molecule has 4 aromatic heterocycles.